The summed E-state index contributed by atoms with van der Waals surface area (Å²) in [6.45, 7) is 5.98. The van der Waals surface area contributed by atoms with Gasteiger partial charge in [0.25, 0.3) is 0 Å². The number of allylic oxidation sites excluding steroid dienone is 3. The molecule has 0 saturated carbocycles. The first-order chi connectivity index (χ1) is 20.8. The zero-order valence-electron chi connectivity index (χ0n) is 22.9. The zero-order chi connectivity index (χ0) is 28.2. The second-order valence-corrected chi connectivity index (χ2v) is 10.0. The van der Waals surface area contributed by atoms with Crippen molar-refractivity contribution in [3.63, 3.8) is 0 Å². The molecule has 4 heterocycles. The Morgan fingerprint density at radius 2 is 1.38 bits per heavy atom. The van der Waals surface area contributed by atoms with E-state index in [0.717, 1.165) is 55.7 Å². The Balaban J connectivity index is 1.58. The Kier molecular flexibility index (Phi) is 5.37. The van der Waals surface area contributed by atoms with Crippen LogP contribution in [0.25, 0.3) is 67.5 Å². The molecule has 0 amide bonds. The highest BCUT2D eigenvalue weighted by atomic mass is 15.3. The quantitative estimate of drug-likeness (QED) is 0.208. The Morgan fingerprint density at radius 1 is 0.690 bits per heavy atom. The lowest BCUT2D eigenvalue weighted by Gasteiger charge is -2.12. The van der Waals surface area contributed by atoms with Crippen LogP contribution in [0, 0.1) is 0 Å². The van der Waals surface area contributed by atoms with Gasteiger partial charge in [-0.2, -0.15) is 9.97 Å². The third-order valence-corrected chi connectivity index (χ3v) is 7.66. The molecule has 4 aromatic heterocycles. The third-order valence-electron chi connectivity index (χ3n) is 7.66. The smallest absolute Gasteiger partial charge is 0.240 e. The van der Waals surface area contributed by atoms with E-state index in [1.54, 1.807) is 6.08 Å². The summed E-state index contributed by atoms with van der Waals surface area (Å²) in [6, 6.07) is 37.0. The van der Waals surface area contributed by atoms with E-state index < -0.39 is 0 Å². The average Bonchev–Trinajstić information content (AvgIpc) is 3.68. The SMILES string of the molecule is C=C/C(=C\C)c1nc(-c2ccccc2)nc(-n2c3ccccc3c3c2n(-c2ccccc2)c2nc4ccccc4n32)n1. The first-order valence-electron chi connectivity index (χ1n) is 13.8. The van der Waals surface area contributed by atoms with Crippen molar-refractivity contribution in [2.45, 2.75) is 6.92 Å². The summed E-state index contributed by atoms with van der Waals surface area (Å²) in [7, 11) is 0. The van der Waals surface area contributed by atoms with Crippen molar-refractivity contribution in [2.75, 3.05) is 0 Å². The maximum absolute atomic E-state index is 5.12. The Morgan fingerprint density at radius 3 is 2.14 bits per heavy atom. The second-order valence-electron chi connectivity index (χ2n) is 10.0. The number of nitrogens with zero attached hydrogens (tertiary/aromatic N) is 7. The number of aromatic nitrogens is 7. The van der Waals surface area contributed by atoms with E-state index in [1.807, 2.05) is 67.6 Å². The van der Waals surface area contributed by atoms with E-state index in [0.29, 0.717) is 17.6 Å². The standard InChI is InChI=1S/C35H25N7/c1-3-23(4-2)31-37-32(24-15-7-5-8-16-24)39-34(38-31)42-28-21-13-11-19-26(28)30-33(42)40(25-17-9-6-10-18-25)35-36-27-20-12-14-22-29(27)41(30)35/h3-22H,1H2,2H3/b23-4+. The van der Waals surface area contributed by atoms with E-state index in [-0.39, 0.29) is 0 Å². The van der Waals surface area contributed by atoms with Gasteiger partial charge in [-0.15, -0.1) is 0 Å². The summed E-state index contributed by atoms with van der Waals surface area (Å²) >= 11 is 0. The van der Waals surface area contributed by atoms with Crippen molar-refractivity contribution < 1.29 is 0 Å². The van der Waals surface area contributed by atoms with Crippen molar-refractivity contribution >= 4 is 44.5 Å². The molecule has 0 radical (unpaired) electrons. The van der Waals surface area contributed by atoms with E-state index in [1.165, 1.54) is 0 Å². The van der Waals surface area contributed by atoms with Crippen LogP contribution in [0.2, 0.25) is 0 Å². The van der Waals surface area contributed by atoms with Crippen molar-refractivity contribution in [3.05, 3.63) is 134 Å². The lowest BCUT2D eigenvalue weighted by atomic mass is 10.2. The summed E-state index contributed by atoms with van der Waals surface area (Å²) < 4.78 is 6.58. The van der Waals surface area contributed by atoms with Gasteiger partial charge in [-0.3, -0.25) is 13.5 Å². The Hall–Kier alpha value is -5.82. The molecular weight excluding hydrogens is 518 g/mol. The summed E-state index contributed by atoms with van der Waals surface area (Å²) in [5.41, 5.74) is 7.67. The highest BCUT2D eigenvalue weighted by molar-refractivity contribution is 6.10. The number of fused-ring (bicyclic) bond motifs is 7. The molecule has 42 heavy (non-hydrogen) atoms. The van der Waals surface area contributed by atoms with E-state index in [4.69, 9.17) is 19.9 Å². The van der Waals surface area contributed by atoms with Crippen LogP contribution in [0.4, 0.5) is 0 Å². The monoisotopic (exact) mass is 543 g/mol. The minimum atomic E-state index is 0.522. The molecule has 0 aliphatic carbocycles. The summed E-state index contributed by atoms with van der Waals surface area (Å²) in [5.74, 6) is 2.50. The van der Waals surface area contributed by atoms with E-state index >= 15 is 0 Å². The molecule has 8 rings (SSSR count). The zero-order valence-corrected chi connectivity index (χ0v) is 22.9. The van der Waals surface area contributed by atoms with Gasteiger partial charge in [-0.25, -0.2) is 9.97 Å². The molecule has 7 nitrogen and oxygen atoms in total. The first-order valence-corrected chi connectivity index (χ1v) is 13.8. The number of benzene rings is 4. The van der Waals surface area contributed by atoms with Crippen LogP contribution in [0.5, 0.6) is 0 Å². The molecule has 0 aliphatic rings. The van der Waals surface area contributed by atoms with Gasteiger partial charge >= 0.3 is 0 Å². The molecule has 0 bridgehead atoms. The van der Waals surface area contributed by atoms with Crippen molar-refractivity contribution in [1.29, 1.82) is 0 Å². The fourth-order valence-corrected chi connectivity index (χ4v) is 5.78. The van der Waals surface area contributed by atoms with Gasteiger partial charge in [0.05, 0.1) is 22.2 Å². The molecule has 0 unspecified atom stereocenters. The molecule has 0 saturated heterocycles. The predicted octanol–water partition coefficient (Wildman–Crippen LogP) is 7.82. The van der Waals surface area contributed by atoms with Gasteiger partial charge in [0.1, 0.15) is 5.52 Å². The number of hydrogen-bond donors (Lipinski definition) is 0. The third kappa shape index (κ3) is 3.47. The molecule has 7 heteroatoms. The van der Waals surface area contributed by atoms with Crippen LogP contribution in [0.1, 0.15) is 12.7 Å². The van der Waals surface area contributed by atoms with Gasteiger partial charge in [0.15, 0.2) is 17.3 Å². The molecule has 8 aromatic rings. The van der Waals surface area contributed by atoms with Gasteiger partial charge in [-0.05, 0) is 37.3 Å². The van der Waals surface area contributed by atoms with Crippen LogP contribution >= 0.6 is 0 Å². The fraction of sp³-hybridized carbons (Fsp3) is 0.0286. The topological polar surface area (TPSA) is 65.8 Å². The molecule has 0 fully saturated rings. The van der Waals surface area contributed by atoms with Gasteiger partial charge in [0, 0.05) is 16.5 Å². The number of para-hydroxylation sites is 4. The maximum Gasteiger partial charge on any atom is 0.240 e. The molecule has 0 atom stereocenters. The normalized spacial score (nSPS) is 12.2. The van der Waals surface area contributed by atoms with Crippen LogP contribution in [0.3, 0.4) is 0 Å². The minimum Gasteiger partial charge on any atom is -0.274 e. The predicted molar refractivity (Wildman–Crippen MR) is 169 cm³/mol. The molecule has 4 aromatic carbocycles. The summed E-state index contributed by atoms with van der Waals surface area (Å²) in [4.78, 5) is 20.1. The van der Waals surface area contributed by atoms with E-state index in [9.17, 15) is 0 Å². The lowest BCUT2D eigenvalue weighted by molar-refractivity contribution is 0.914. The van der Waals surface area contributed by atoms with E-state index in [2.05, 4.69) is 74.7 Å². The fourth-order valence-electron chi connectivity index (χ4n) is 5.78. The average molecular weight is 544 g/mol. The largest absolute Gasteiger partial charge is 0.274 e. The van der Waals surface area contributed by atoms with Gasteiger partial charge < -0.3 is 0 Å². The van der Waals surface area contributed by atoms with Crippen molar-refractivity contribution in [1.82, 2.24) is 33.5 Å². The maximum atomic E-state index is 5.12. The van der Waals surface area contributed by atoms with Crippen molar-refractivity contribution in [2.24, 2.45) is 0 Å². The molecule has 0 aliphatic heterocycles. The lowest BCUT2D eigenvalue weighted by Crippen LogP contribution is -2.09. The highest BCUT2D eigenvalue weighted by Gasteiger charge is 2.26. The van der Waals surface area contributed by atoms with Crippen LogP contribution in [-0.4, -0.2) is 33.5 Å². The molecular formula is C35H25N7. The van der Waals surface area contributed by atoms with Crippen LogP contribution in [-0.2, 0) is 0 Å². The Labute approximate surface area is 241 Å². The van der Waals surface area contributed by atoms with Gasteiger partial charge in [-0.1, -0.05) is 97.6 Å². The van der Waals surface area contributed by atoms with Gasteiger partial charge in [0.2, 0.25) is 11.7 Å². The number of imidazole rings is 2. The first kappa shape index (κ1) is 24.0. The molecule has 0 spiro atoms. The number of rotatable bonds is 5. The number of hydrogen-bond acceptors (Lipinski definition) is 4. The van der Waals surface area contributed by atoms with Crippen LogP contribution in [0.15, 0.2) is 128 Å². The summed E-state index contributed by atoms with van der Waals surface area (Å²) in [6.07, 6.45) is 3.75. The minimum absolute atomic E-state index is 0.522. The Bertz CT molecular complexity index is 2320. The van der Waals surface area contributed by atoms with Crippen LogP contribution < -0.4 is 0 Å². The van der Waals surface area contributed by atoms with Crippen molar-refractivity contribution in [3.8, 4) is 23.0 Å². The molecule has 0 N–H and O–H groups in total. The second kappa shape index (κ2) is 9.38. The molecule has 200 valence electrons. The highest BCUT2D eigenvalue weighted by Crippen LogP contribution is 2.37. The summed E-state index contributed by atoms with van der Waals surface area (Å²) in [5, 5.41) is 1.08.